The Morgan fingerprint density at radius 3 is 1.96 bits per heavy atom. The molecule has 0 bridgehead atoms. The highest BCUT2D eigenvalue weighted by atomic mass is 32.2. The van der Waals surface area contributed by atoms with Crippen molar-refractivity contribution in [1.82, 2.24) is 0 Å². The Morgan fingerprint density at radius 2 is 1.52 bits per heavy atom. The van der Waals surface area contributed by atoms with Crippen LogP contribution in [-0.2, 0) is 28.6 Å². The quantitative estimate of drug-likeness (QED) is 0.537. The number of carbonyl (C=O) groups is 3. The molecule has 25 heavy (non-hydrogen) atoms. The second-order valence-corrected chi connectivity index (χ2v) is 8.89. The number of hydrogen-bond donors (Lipinski definition) is 0. The third kappa shape index (κ3) is 5.59. The van der Waals surface area contributed by atoms with Crippen LogP contribution in [0.4, 0.5) is 4.39 Å². The van der Waals surface area contributed by atoms with Crippen molar-refractivity contribution in [2.45, 2.75) is 78.0 Å². The van der Waals surface area contributed by atoms with Crippen LogP contribution in [0, 0.1) is 10.8 Å². The number of rotatable bonds is 5. The molecule has 1 rings (SSSR count). The van der Waals surface area contributed by atoms with Crippen LogP contribution in [0.25, 0.3) is 0 Å². The lowest BCUT2D eigenvalue weighted by molar-refractivity contribution is -0.176. The lowest BCUT2D eigenvalue weighted by atomic mass is 9.91. The van der Waals surface area contributed by atoms with Crippen LogP contribution in [0.2, 0.25) is 0 Å². The molecular formula is C17H27FO6S. The Bertz CT molecular complexity index is 528. The summed E-state index contributed by atoms with van der Waals surface area (Å²) in [6, 6.07) is 0. The first-order valence-electron chi connectivity index (χ1n) is 8.18. The van der Waals surface area contributed by atoms with Gasteiger partial charge >= 0.3 is 17.9 Å². The minimum absolute atomic E-state index is 0.528. The maximum absolute atomic E-state index is 14.7. The fourth-order valence-electron chi connectivity index (χ4n) is 1.77. The van der Waals surface area contributed by atoms with E-state index in [0.717, 1.165) is 18.7 Å². The lowest BCUT2D eigenvalue weighted by Crippen LogP contribution is -2.41. The van der Waals surface area contributed by atoms with Crippen molar-refractivity contribution in [2.75, 3.05) is 0 Å². The van der Waals surface area contributed by atoms with Gasteiger partial charge < -0.3 is 14.2 Å². The first-order valence-corrected chi connectivity index (χ1v) is 9.12. The van der Waals surface area contributed by atoms with Crippen LogP contribution in [0.3, 0.4) is 0 Å². The van der Waals surface area contributed by atoms with E-state index in [2.05, 4.69) is 0 Å². The Balaban J connectivity index is 2.98. The summed E-state index contributed by atoms with van der Waals surface area (Å²) in [7, 11) is 0. The van der Waals surface area contributed by atoms with Gasteiger partial charge in [-0.3, -0.25) is 14.4 Å². The molecule has 8 heteroatoms. The molecule has 144 valence electrons. The topological polar surface area (TPSA) is 78.9 Å². The summed E-state index contributed by atoms with van der Waals surface area (Å²) in [4.78, 5) is 35.6. The van der Waals surface area contributed by atoms with E-state index in [-0.39, 0.29) is 0 Å². The van der Waals surface area contributed by atoms with Gasteiger partial charge in [0, 0.05) is 6.92 Å². The van der Waals surface area contributed by atoms with Crippen molar-refractivity contribution >= 4 is 29.7 Å². The average Bonchev–Trinajstić information content (AvgIpc) is 2.74. The van der Waals surface area contributed by atoms with Gasteiger partial charge in [0.25, 0.3) is 0 Å². The highest BCUT2D eigenvalue weighted by molar-refractivity contribution is 8.00. The molecule has 0 aromatic carbocycles. The Labute approximate surface area is 152 Å². The zero-order chi connectivity index (χ0) is 19.6. The van der Waals surface area contributed by atoms with Gasteiger partial charge in [-0.05, 0) is 41.0 Å². The molecule has 4 atom stereocenters. The summed E-state index contributed by atoms with van der Waals surface area (Å²) in [5.41, 5.74) is -3.88. The molecule has 0 aromatic rings. The van der Waals surface area contributed by atoms with Crippen LogP contribution >= 0.6 is 11.8 Å². The Morgan fingerprint density at radius 1 is 0.960 bits per heavy atom. The van der Waals surface area contributed by atoms with Crippen molar-refractivity contribution in [3.63, 3.8) is 0 Å². The third-order valence-corrected chi connectivity index (χ3v) is 5.16. The molecule has 1 aliphatic rings. The summed E-state index contributed by atoms with van der Waals surface area (Å²) < 4.78 is 30.2. The minimum Gasteiger partial charge on any atom is -0.454 e. The molecule has 0 radical (unpaired) electrons. The minimum atomic E-state index is -1.79. The van der Waals surface area contributed by atoms with E-state index in [1.165, 1.54) is 0 Å². The Kier molecular flexibility index (Phi) is 6.89. The fraction of sp³-hybridized carbons (Fsp3) is 0.824. The van der Waals surface area contributed by atoms with E-state index >= 15 is 0 Å². The van der Waals surface area contributed by atoms with E-state index in [0.29, 0.717) is 6.42 Å². The molecule has 1 unspecified atom stereocenters. The summed E-state index contributed by atoms with van der Waals surface area (Å²) in [6.45, 7) is 11.3. The number of carbonyl (C=O) groups excluding carboxylic acids is 3. The molecule has 1 heterocycles. The summed E-state index contributed by atoms with van der Waals surface area (Å²) in [5, 5.41) is 0. The molecule has 0 N–H and O–H groups in total. The van der Waals surface area contributed by atoms with Crippen LogP contribution in [0.15, 0.2) is 0 Å². The zero-order valence-electron chi connectivity index (χ0n) is 15.8. The van der Waals surface area contributed by atoms with E-state index in [4.69, 9.17) is 14.2 Å². The van der Waals surface area contributed by atoms with Gasteiger partial charge in [0.15, 0.2) is 23.1 Å². The van der Waals surface area contributed by atoms with Crippen molar-refractivity contribution in [2.24, 2.45) is 10.8 Å². The smallest absolute Gasteiger partial charge is 0.312 e. The second kappa shape index (κ2) is 7.93. The molecule has 0 spiro atoms. The van der Waals surface area contributed by atoms with E-state index in [1.807, 2.05) is 6.92 Å². The molecule has 1 fully saturated rings. The average molecular weight is 378 g/mol. The fourth-order valence-corrected chi connectivity index (χ4v) is 3.04. The van der Waals surface area contributed by atoms with Gasteiger partial charge in [0.05, 0.1) is 10.8 Å². The largest absolute Gasteiger partial charge is 0.454 e. The van der Waals surface area contributed by atoms with Gasteiger partial charge in [-0.25, -0.2) is 4.39 Å². The molecule has 0 saturated carbocycles. The molecule has 0 amide bonds. The number of thioether (sulfide) groups is 1. The van der Waals surface area contributed by atoms with Gasteiger partial charge in [-0.1, -0.05) is 18.7 Å². The van der Waals surface area contributed by atoms with Crippen LogP contribution < -0.4 is 0 Å². The van der Waals surface area contributed by atoms with Crippen LogP contribution in [0.5, 0.6) is 0 Å². The molecule has 6 nitrogen and oxygen atoms in total. The predicted octanol–water partition coefficient (Wildman–Crippen LogP) is 3.22. The van der Waals surface area contributed by atoms with E-state index in [9.17, 15) is 18.8 Å². The number of hydrogen-bond acceptors (Lipinski definition) is 7. The summed E-state index contributed by atoms with van der Waals surface area (Å²) in [5.74, 6) is -1.82. The SMILES string of the molecule is CCC(C)(C)C(=O)O[C@@H]1SC(OC(C)=O)[C@@H](F)[C@@H]1OC(=O)C(C)(C)C. The van der Waals surface area contributed by atoms with Gasteiger partial charge in [0.2, 0.25) is 0 Å². The van der Waals surface area contributed by atoms with Crippen molar-refractivity contribution in [3.05, 3.63) is 0 Å². The predicted molar refractivity (Wildman–Crippen MR) is 91.3 cm³/mol. The zero-order valence-corrected chi connectivity index (χ0v) is 16.6. The Hall–Kier alpha value is -1.31. The van der Waals surface area contributed by atoms with E-state index < -0.39 is 51.9 Å². The van der Waals surface area contributed by atoms with Crippen molar-refractivity contribution < 1.29 is 33.0 Å². The maximum atomic E-state index is 14.7. The lowest BCUT2D eigenvalue weighted by Gasteiger charge is -2.27. The number of halogens is 1. The summed E-state index contributed by atoms with van der Waals surface area (Å²) >= 11 is 0.824. The van der Waals surface area contributed by atoms with Crippen LogP contribution in [-0.4, -0.2) is 41.1 Å². The normalized spacial score (nSPS) is 26.9. The second-order valence-electron chi connectivity index (χ2n) is 7.69. The maximum Gasteiger partial charge on any atom is 0.312 e. The number of alkyl halides is 1. The molecule has 0 aliphatic carbocycles. The van der Waals surface area contributed by atoms with E-state index in [1.54, 1.807) is 34.6 Å². The first-order chi connectivity index (χ1) is 11.3. The molecular weight excluding hydrogens is 351 g/mol. The van der Waals surface area contributed by atoms with Crippen molar-refractivity contribution in [3.8, 4) is 0 Å². The summed E-state index contributed by atoms with van der Waals surface area (Å²) in [6.07, 6.45) is -2.59. The van der Waals surface area contributed by atoms with Gasteiger partial charge in [0.1, 0.15) is 0 Å². The standard InChI is InChI=1S/C17H27FO6S/c1-8-17(6,7)15(21)24-13-11(23-14(20)16(3,4)5)10(18)12(25-13)22-9(2)19/h10-13H,8H2,1-7H3/t10-,11-,12?,13+/m0/s1. The number of ether oxygens (including phenoxy) is 3. The van der Waals surface area contributed by atoms with Crippen LogP contribution in [0.1, 0.15) is 54.9 Å². The first kappa shape index (κ1) is 21.7. The van der Waals surface area contributed by atoms with Crippen molar-refractivity contribution in [1.29, 1.82) is 0 Å². The third-order valence-electron chi connectivity index (χ3n) is 3.91. The highest BCUT2D eigenvalue weighted by Gasteiger charge is 2.52. The molecule has 1 aliphatic heterocycles. The monoisotopic (exact) mass is 378 g/mol. The molecule has 1 saturated heterocycles. The number of esters is 3. The molecule has 0 aromatic heterocycles. The van der Waals surface area contributed by atoms with Gasteiger partial charge in [-0.2, -0.15) is 0 Å². The van der Waals surface area contributed by atoms with Gasteiger partial charge in [-0.15, -0.1) is 0 Å². The highest BCUT2D eigenvalue weighted by Crippen LogP contribution is 2.41.